The maximum atomic E-state index is 13.2. The zero-order chi connectivity index (χ0) is 20.4. The highest BCUT2D eigenvalue weighted by Crippen LogP contribution is 2.59. The fourth-order valence-electron chi connectivity index (χ4n) is 2.91. The van der Waals surface area contributed by atoms with Crippen LogP contribution in [0.5, 0.6) is 0 Å². The summed E-state index contributed by atoms with van der Waals surface area (Å²) in [6.45, 7) is 1.87. The minimum Gasteiger partial charge on any atom is -0.311 e. The summed E-state index contributed by atoms with van der Waals surface area (Å²) in [4.78, 5) is 0.0719. The molecule has 8 heteroatoms. The summed E-state index contributed by atoms with van der Waals surface area (Å²) < 4.78 is 51.8. The van der Waals surface area contributed by atoms with Gasteiger partial charge in [0.2, 0.25) is 10.0 Å². The molecule has 3 aromatic carbocycles. The fourth-order valence-corrected chi connectivity index (χ4v) is 6.00. The second kappa shape index (κ2) is 8.15. The van der Waals surface area contributed by atoms with Crippen molar-refractivity contribution < 1.29 is 22.0 Å². The van der Waals surface area contributed by atoms with Gasteiger partial charge in [0.25, 0.3) is 0 Å². The Labute approximate surface area is 165 Å². The van der Waals surface area contributed by atoms with Crippen molar-refractivity contribution in [3.05, 3.63) is 77.9 Å². The van der Waals surface area contributed by atoms with Crippen LogP contribution >= 0.6 is 7.60 Å². The van der Waals surface area contributed by atoms with Gasteiger partial charge >= 0.3 is 7.60 Å². The Morgan fingerprint density at radius 1 is 0.893 bits per heavy atom. The molecular formula is C20H22NO5PS. The first-order chi connectivity index (χ1) is 13.3. The summed E-state index contributed by atoms with van der Waals surface area (Å²) in [6, 6.07) is 19.4. The van der Waals surface area contributed by atoms with Gasteiger partial charge in [-0.1, -0.05) is 54.1 Å². The number of hydrogen-bond acceptors (Lipinski definition) is 5. The minimum atomic E-state index is -3.96. The second-order valence-electron chi connectivity index (χ2n) is 6.35. The molecule has 0 saturated heterocycles. The Morgan fingerprint density at radius 3 is 2.11 bits per heavy atom. The Morgan fingerprint density at radius 2 is 1.50 bits per heavy atom. The summed E-state index contributed by atoms with van der Waals surface area (Å²) in [5, 5.41) is 1.87. The number of nitrogens with one attached hydrogen (secondary N) is 1. The number of hydrogen-bond donors (Lipinski definition) is 1. The molecule has 0 aromatic heterocycles. The molecule has 0 heterocycles. The first-order valence-electron chi connectivity index (χ1n) is 8.58. The van der Waals surface area contributed by atoms with Gasteiger partial charge in [0.05, 0.1) is 4.90 Å². The molecule has 148 valence electrons. The van der Waals surface area contributed by atoms with E-state index < -0.39 is 23.4 Å². The van der Waals surface area contributed by atoms with Gasteiger partial charge in [-0.3, -0.25) is 4.57 Å². The predicted molar refractivity (Wildman–Crippen MR) is 110 cm³/mol. The summed E-state index contributed by atoms with van der Waals surface area (Å²) in [6.07, 6.45) is 0. The van der Waals surface area contributed by atoms with E-state index in [1.807, 2.05) is 37.3 Å². The number of benzene rings is 3. The maximum absolute atomic E-state index is 13.2. The average molecular weight is 419 g/mol. The maximum Gasteiger partial charge on any atom is 0.352 e. The Balaban J connectivity index is 2.08. The molecule has 0 bridgehead atoms. The first kappa shape index (κ1) is 20.7. The molecule has 0 amide bonds. The number of fused-ring (bicyclic) bond motifs is 1. The number of aryl methyl sites for hydroxylation is 1. The smallest absolute Gasteiger partial charge is 0.311 e. The standard InChI is InChI=1S/C20H22NO5PS/c1-15-8-12-19(13-9-15)28(23,24)21-20(27(22,25-2)26-3)18-11-10-16-6-4-5-7-17(16)14-18/h4-14,20-21H,1-3H3. The third kappa shape index (κ3) is 4.19. The van der Waals surface area contributed by atoms with E-state index in [4.69, 9.17) is 9.05 Å². The van der Waals surface area contributed by atoms with Crippen molar-refractivity contribution in [3.8, 4) is 0 Å². The molecule has 1 unspecified atom stereocenters. The third-order valence-corrected chi connectivity index (χ3v) is 8.20. The highest BCUT2D eigenvalue weighted by molar-refractivity contribution is 7.89. The van der Waals surface area contributed by atoms with E-state index >= 15 is 0 Å². The third-order valence-electron chi connectivity index (χ3n) is 4.51. The van der Waals surface area contributed by atoms with Crippen LogP contribution in [0.15, 0.2) is 71.6 Å². The molecule has 6 nitrogen and oxygen atoms in total. The predicted octanol–water partition coefficient (Wildman–Crippen LogP) is 4.61. The van der Waals surface area contributed by atoms with Crippen LogP contribution in [-0.2, 0) is 23.6 Å². The normalized spacial score (nSPS) is 13.5. The van der Waals surface area contributed by atoms with Crippen LogP contribution in [0.1, 0.15) is 16.9 Å². The molecule has 0 saturated carbocycles. The van der Waals surface area contributed by atoms with Crippen molar-refractivity contribution >= 4 is 28.4 Å². The van der Waals surface area contributed by atoms with Crippen molar-refractivity contribution in [3.63, 3.8) is 0 Å². The number of rotatable bonds is 7. The van der Waals surface area contributed by atoms with E-state index in [-0.39, 0.29) is 4.90 Å². The zero-order valence-corrected chi connectivity index (χ0v) is 17.5. The molecule has 0 fully saturated rings. The fraction of sp³-hybridized carbons (Fsp3) is 0.200. The van der Waals surface area contributed by atoms with Crippen molar-refractivity contribution in [2.45, 2.75) is 17.6 Å². The Hall–Kier alpha value is -2.02. The molecule has 3 aromatic rings. The highest BCUT2D eigenvalue weighted by Gasteiger charge is 2.39. The van der Waals surface area contributed by atoms with Crippen LogP contribution in [0.3, 0.4) is 0 Å². The topological polar surface area (TPSA) is 81.7 Å². The van der Waals surface area contributed by atoms with Gasteiger partial charge in [-0.2, -0.15) is 4.72 Å². The molecule has 3 rings (SSSR count). The van der Waals surface area contributed by atoms with Crippen LogP contribution in [0, 0.1) is 6.92 Å². The Kier molecular flexibility index (Phi) is 6.03. The van der Waals surface area contributed by atoms with E-state index in [2.05, 4.69) is 4.72 Å². The lowest BCUT2D eigenvalue weighted by molar-refractivity contribution is 0.263. The van der Waals surface area contributed by atoms with Gasteiger partial charge in [0.15, 0.2) is 0 Å². The van der Waals surface area contributed by atoms with Crippen molar-refractivity contribution in [1.82, 2.24) is 4.72 Å². The van der Waals surface area contributed by atoms with Gasteiger partial charge in [0.1, 0.15) is 5.78 Å². The molecular weight excluding hydrogens is 397 g/mol. The van der Waals surface area contributed by atoms with Crippen LogP contribution in [0.25, 0.3) is 10.8 Å². The lowest BCUT2D eigenvalue weighted by Crippen LogP contribution is -2.29. The van der Waals surface area contributed by atoms with Crippen LogP contribution in [0.2, 0.25) is 0 Å². The average Bonchev–Trinajstić information content (AvgIpc) is 2.71. The van der Waals surface area contributed by atoms with E-state index in [1.54, 1.807) is 24.3 Å². The summed E-state index contributed by atoms with van der Waals surface area (Å²) in [7, 11) is -5.30. The van der Waals surface area contributed by atoms with Crippen LogP contribution < -0.4 is 4.72 Å². The molecule has 0 aliphatic carbocycles. The van der Waals surface area contributed by atoms with Crippen molar-refractivity contribution in [2.24, 2.45) is 0 Å². The van der Waals surface area contributed by atoms with E-state index in [9.17, 15) is 13.0 Å². The van der Waals surface area contributed by atoms with E-state index in [1.165, 1.54) is 26.4 Å². The van der Waals surface area contributed by atoms with Gasteiger partial charge in [-0.05, 0) is 41.5 Å². The quantitative estimate of drug-likeness (QED) is 0.566. The lowest BCUT2D eigenvalue weighted by atomic mass is 10.1. The summed E-state index contributed by atoms with van der Waals surface area (Å²) in [5.74, 6) is -1.20. The SMILES string of the molecule is COP(=O)(OC)C(NS(=O)(=O)c1ccc(C)cc1)c1ccc2ccccc2c1. The van der Waals surface area contributed by atoms with Gasteiger partial charge in [0, 0.05) is 14.2 Å². The zero-order valence-electron chi connectivity index (χ0n) is 15.8. The van der Waals surface area contributed by atoms with Crippen molar-refractivity contribution in [1.29, 1.82) is 0 Å². The van der Waals surface area contributed by atoms with Gasteiger partial charge in [-0.15, -0.1) is 0 Å². The number of sulfonamides is 1. The van der Waals surface area contributed by atoms with Crippen LogP contribution in [-0.4, -0.2) is 22.6 Å². The second-order valence-corrected chi connectivity index (χ2v) is 10.4. The highest BCUT2D eigenvalue weighted by atomic mass is 32.2. The molecule has 0 radical (unpaired) electrons. The molecule has 1 atom stereocenters. The molecule has 1 N–H and O–H groups in total. The molecule has 28 heavy (non-hydrogen) atoms. The van der Waals surface area contributed by atoms with E-state index in [0.29, 0.717) is 5.56 Å². The molecule has 0 aliphatic heterocycles. The van der Waals surface area contributed by atoms with Crippen molar-refractivity contribution in [2.75, 3.05) is 14.2 Å². The summed E-state index contributed by atoms with van der Waals surface area (Å²) in [5.41, 5.74) is 1.42. The molecule has 0 spiro atoms. The largest absolute Gasteiger partial charge is 0.352 e. The van der Waals surface area contributed by atoms with E-state index in [0.717, 1.165) is 16.3 Å². The Bertz CT molecular complexity index is 1120. The van der Waals surface area contributed by atoms with Gasteiger partial charge < -0.3 is 9.05 Å². The minimum absolute atomic E-state index is 0.0719. The monoisotopic (exact) mass is 419 g/mol. The van der Waals surface area contributed by atoms with Crippen LogP contribution in [0.4, 0.5) is 0 Å². The van der Waals surface area contributed by atoms with Gasteiger partial charge in [-0.25, -0.2) is 8.42 Å². The lowest BCUT2D eigenvalue weighted by Gasteiger charge is -2.25. The summed E-state index contributed by atoms with van der Waals surface area (Å²) >= 11 is 0. The molecule has 0 aliphatic rings. The first-order valence-corrected chi connectivity index (χ1v) is 11.7.